The summed E-state index contributed by atoms with van der Waals surface area (Å²) in [6.07, 6.45) is 14.6. The Morgan fingerprint density at radius 2 is 1.72 bits per heavy atom. The van der Waals surface area contributed by atoms with Crippen LogP contribution in [0.2, 0.25) is 0 Å². The predicted octanol–water partition coefficient (Wildman–Crippen LogP) is 1.23. The van der Waals surface area contributed by atoms with E-state index in [0.29, 0.717) is 0 Å². The average Bonchev–Trinajstić information content (AvgIpc) is 2.69. The fourth-order valence-corrected chi connectivity index (χ4v) is 1.71. The van der Waals surface area contributed by atoms with Crippen molar-refractivity contribution in [2.24, 2.45) is 7.05 Å². The third kappa shape index (κ3) is 12.0. The van der Waals surface area contributed by atoms with Gasteiger partial charge in [-0.3, -0.25) is 0 Å². The molecule has 0 atom stereocenters. The second-order valence-corrected chi connectivity index (χ2v) is 4.84. The summed E-state index contributed by atoms with van der Waals surface area (Å²) < 4.78 is 4.36. The van der Waals surface area contributed by atoms with Crippen molar-refractivity contribution in [2.45, 2.75) is 52.0 Å². The zero-order valence-corrected chi connectivity index (χ0v) is 12.2. The number of rotatable bonds is 7. The lowest BCUT2D eigenvalue weighted by atomic mass is 10.1. The van der Waals surface area contributed by atoms with Crippen LogP contribution in [0, 0.1) is 0 Å². The Hall–Kier alpha value is -0.480. The second kappa shape index (κ2) is 11.6. The first kappa shape index (κ1) is 17.5. The highest BCUT2D eigenvalue weighted by atomic mass is 31.2. The van der Waals surface area contributed by atoms with Gasteiger partial charge in [0.15, 0.2) is 0 Å². The molecule has 0 spiro atoms. The van der Waals surface area contributed by atoms with Crippen molar-refractivity contribution in [2.75, 3.05) is 0 Å². The fraction of sp³-hybridized carbons (Fsp3) is 0.750. The Labute approximate surface area is 111 Å². The third-order valence-electron chi connectivity index (χ3n) is 2.59. The van der Waals surface area contributed by atoms with E-state index in [4.69, 9.17) is 14.7 Å². The molecule has 1 aromatic rings. The zero-order chi connectivity index (χ0) is 13.8. The molecule has 0 amide bonds. The lowest BCUT2D eigenvalue weighted by Gasteiger charge is -1.99. The molecule has 0 bridgehead atoms. The summed E-state index contributed by atoms with van der Waals surface area (Å²) in [5.41, 5.74) is 0. The molecule has 0 aliphatic carbocycles. The largest absolute Gasteiger partial charge is 0.786 e. The molecule has 1 rings (SSSR count). The molecule has 18 heavy (non-hydrogen) atoms. The van der Waals surface area contributed by atoms with Gasteiger partial charge in [0.2, 0.25) is 6.33 Å². The van der Waals surface area contributed by atoms with Gasteiger partial charge in [0.05, 0.1) is 22.2 Å². The fourth-order valence-electron chi connectivity index (χ4n) is 1.71. The molecule has 0 saturated carbocycles. The summed E-state index contributed by atoms with van der Waals surface area (Å²) in [6.45, 7) is 3.44. The van der Waals surface area contributed by atoms with Crippen LogP contribution in [-0.4, -0.2) is 14.4 Å². The van der Waals surface area contributed by atoms with Gasteiger partial charge in [-0.05, 0) is 12.8 Å². The molecule has 0 radical (unpaired) electrons. The van der Waals surface area contributed by atoms with Crippen LogP contribution in [0.3, 0.4) is 0 Å². The highest BCUT2D eigenvalue weighted by molar-refractivity contribution is 7.36. The molecule has 0 unspecified atom stereocenters. The van der Waals surface area contributed by atoms with Crippen LogP contribution in [0.15, 0.2) is 18.7 Å². The minimum atomic E-state index is -2.87. The summed E-state index contributed by atoms with van der Waals surface area (Å²) in [6, 6.07) is 0. The molecular weight excluding hydrogens is 251 g/mol. The lowest BCUT2D eigenvalue weighted by molar-refractivity contribution is -0.671. The Bertz CT molecular complexity index is 290. The summed E-state index contributed by atoms with van der Waals surface area (Å²) in [5.74, 6) is 0. The van der Waals surface area contributed by atoms with E-state index < -0.39 is 8.60 Å². The molecule has 6 heteroatoms. The van der Waals surface area contributed by atoms with Gasteiger partial charge in [-0.1, -0.05) is 32.6 Å². The molecule has 0 aliphatic heterocycles. The van der Waals surface area contributed by atoms with Crippen LogP contribution in [0.25, 0.3) is 0 Å². The van der Waals surface area contributed by atoms with Crippen molar-refractivity contribution < 1.29 is 19.2 Å². The van der Waals surface area contributed by atoms with Crippen molar-refractivity contribution in [3.05, 3.63) is 18.7 Å². The summed E-state index contributed by atoms with van der Waals surface area (Å²) >= 11 is 0. The highest BCUT2D eigenvalue weighted by Crippen LogP contribution is 2.05. The van der Waals surface area contributed by atoms with Crippen molar-refractivity contribution >= 4 is 8.60 Å². The minimum Gasteiger partial charge on any atom is -0.786 e. The predicted molar refractivity (Wildman–Crippen MR) is 70.3 cm³/mol. The Kier molecular flexibility index (Phi) is 11.3. The maximum Gasteiger partial charge on any atom is 0.243 e. The van der Waals surface area contributed by atoms with E-state index >= 15 is 0 Å². The van der Waals surface area contributed by atoms with E-state index in [1.54, 1.807) is 0 Å². The van der Waals surface area contributed by atoms with E-state index in [0.717, 1.165) is 0 Å². The highest BCUT2D eigenvalue weighted by Gasteiger charge is 1.98. The first-order chi connectivity index (χ1) is 8.56. The van der Waals surface area contributed by atoms with Crippen LogP contribution < -0.4 is 9.46 Å². The Balaban J connectivity index is 0.000000631. The van der Waals surface area contributed by atoms with Gasteiger partial charge in [0.1, 0.15) is 12.4 Å². The van der Waals surface area contributed by atoms with E-state index in [1.807, 2.05) is 0 Å². The number of aromatic nitrogens is 2. The molecule has 106 valence electrons. The maximum absolute atomic E-state index is 8.70. The summed E-state index contributed by atoms with van der Waals surface area (Å²) in [5, 5.41) is 0. The molecule has 0 fully saturated rings. The van der Waals surface area contributed by atoms with Crippen LogP contribution in [0.4, 0.5) is 0 Å². The van der Waals surface area contributed by atoms with E-state index in [-0.39, 0.29) is 0 Å². The van der Waals surface area contributed by atoms with E-state index in [9.17, 15) is 0 Å². The standard InChI is InChI=1S/C12H23N2.H2O3P/c1-3-4-5-6-7-8-9-14-11-10-13(2)12-14;1-4(2)3/h10-12H,3-9H2,1-2H3;1-2H/q+1;-1. The topological polar surface area (TPSA) is 72.3 Å². The molecule has 0 aliphatic rings. The Morgan fingerprint density at radius 1 is 1.17 bits per heavy atom. The molecule has 0 aromatic carbocycles. The third-order valence-corrected chi connectivity index (χ3v) is 2.59. The van der Waals surface area contributed by atoms with Crippen LogP contribution in [0.5, 0.6) is 0 Å². The summed E-state index contributed by atoms with van der Waals surface area (Å²) in [7, 11) is -0.803. The minimum absolute atomic E-state index is 1.17. The van der Waals surface area contributed by atoms with E-state index in [1.165, 1.54) is 45.1 Å². The number of aryl methyl sites for hydroxylation is 2. The van der Waals surface area contributed by atoms with Gasteiger partial charge in [0.25, 0.3) is 0 Å². The molecule has 1 aromatic heterocycles. The summed E-state index contributed by atoms with van der Waals surface area (Å²) in [4.78, 5) is 22.9. The maximum atomic E-state index is 8.70. The van der Waals surface area contributed by atoms with Crippen molar-refractivity contribution in [3.63, 3.8) is 0 Å². The van der Waals surface area contributed by atoms with Crippen LogP contribution in [0.1, 0.15) is 45.4 Å². The first-order valence-electron chi connectivity index (χ1n) is 6.42. The van der Waals surface area contributed by atoms with Gasteiger partial charge in [0, 0.05) is 0 Å². The average molecular weight is 276 g/mol. The normalized spacial score (nSPS) is 10.3. The molecule has 0 saturated heterocycles. The van der Waals surface area contributed by atoms with Crippen LogP contribution in [-0.2, 0) is 13.6 Å². The van der Waals surface area contributed by atoms with Crippen molar-refractivity contribution in [1.29, 1.82) is 0 Å². The van der Waals surface area contributed by atoms with E-state index in [2.05, 4.69) is 41.8 Å². The quantitative estimate of drug-likeness (QED) is 0.447. The van der Waals surface area contributed by atoms with Gasteiger partial charge in [-0.25, -0.2) is 9.13 Å². The lowest BCUT2D eigenvalue weighted by Crippen LogP contribution is -2.23. The number of nitrogens with zero attached hydrogens (tertiary/aromatic N) is 2. The van der Waals surface area contributed by atoms with Crippen LogP contribution >= 0.6 is 8.60 Å². The number of imidazole rings is 1. The molecule has 2 N–H and O–H groups in total. The smallest absolute Gasteiger partial charge is 0.243 e. The van der Waals surface area contributed by atoms with Crippen molar-refractivity contribution in [1.82, 2.24) is 4.57 Å². The van der Waals surface area contributed by atoms with Gasteiger partial charge in [-0.2, -0.15) is 0 Å². The monoisotopic (exact) mass is 276 g/mol. The van der Waals surface area contributed by atoms with Gasteiger partial charge < -0.3 is 14.7 Å². The Morgan fingerprint density at radius 3 is 2.22 bits per heavy atom. The van der Waals surface area contributed by atoms with Crippen molar-refractivity contribution in [3.8, 4) is 0 Å². The second-order valence-electron chi connectivity index (χ2n) is 4.34. The SMILES string of the molecule is CCCCCCCCn1cc[n+](C)c1.[O-]P(O)O. The zero-order valence-electron chi connectivity index (χ0n) is 11.3. The number of hydrogen-bond donors (Lipinski definition) is 2. The molecule has 1 heterocycles. The van der Waals surface area contributed by atoms with Gasteiger partial charge in [-0.15, -0.1) is 0 Å². The van der Waals surface area contributed by atoms with Gasteiger partial charge >= 0.3 is 0 Å². The molecule has 5 nitrogen and oxygen atoms in total. The first-order valence-corrected chi connectivity index (χ1v) is 7.58. The molecular formula is C12H25N2O3P. The number of hydrogen-bond acceptors (Lipinski definition) is 3. The number of unbranched alkanes of at least 4 members (excludes halogenated alkanes) is 5.